The van der Waals surface area contributed by atoms with E-state index in [4.69, 9.17) is 0 Å². The first-order chi connectivity index (χ1) is 9.11. The van der Waals surface area contributed by atoms with Crippen LogP contribution in [0.3, 0.4) is 0 Å². The maximum Gasteiger partial charge on any atom is 0.240 e. The van der Waals surface area contributed by atoms with E-state index >= 15 is 0 Å². The first kappa shape index (κ1) is 13.6. The Bertz CT molecular complexity index is 577. The number of benzene rings is 1. The van der Waals surface area contributed by atoms with Gasteiger partial charge in [-0.1, -0.05) is 19.4 Å². The second-order valence-corrected chi connectivity index (χ2v) is 4.87. The lowest BCUT2D eigenvalue weighted by molar-refractivity contribution is -0.122. The molecule has 1 unspecified atom stereocenters. The summed E-state index contributed by atoms with van der Waals surface area (Å²) in [5, 5.41) is 3.50. The summed E-state index contributed by atoms with van der Waals surface area (Å²) in [5.74, 6) is -0.293. The number of amides is 1. The van der Waals surface area contributed by atoms with Crippen molar-refractivity contribution in [2.75, 3.05) is 0 Å². The van der Waals surface area contributed by atoms with Gasteiger partial charge >= 0.3 is 0 Å². The number of fused-ring (bicyclic) bond motifs is 1. The molecule has 0 aliphatic heterocycles. The van der Waals surface area contributed by atoms with E-state index in [1.54, 1.807) is 22.9 Å². The molecule has 19 heavy (non-hydrogen) atoms. The fourth-order valence-corrected chi connectivity index (χ4v) is 2.30. The highest BCUT2D eigenvalue weighted by molar-refractivity contribution is 5.83. The van der Waals surface area contributed by atoms with Gasteiger partial charge in [0.15, 0.2) is 0 Å². The number of hydrogen-bond acceptors (Lipinski definition) is 1. The molecular formula is C15H19FN2O. The van der Waals surface area contributed by atoms with Gasteiger partial charge in [-0.3, -0.25) is 4.79 Å². The van der Waals surface area contributed by atoms with Crippen molar-refractivity contribution in [3.63, 3.8) is 0 Å². The molecule has 2 rings (SSSR count). The molecule has 1 atom stereocenters. The van der Waals surface area contributed by atoms with E-state index in [0.29, 0.717) is 5.39 Å². The summed E-state index contributed by atoms with van der Waals surface area (Å²) in [5.41, 5.74) is 0.748. The van der Waals surface area contributed by atoms with Gasteiger partial charge in [0.05, 0.1) is 5.52 Å². The molecule has 1 aromatic heterocycles. The highest BCUT2D eigenvalue weighted by atomic mass is 19.1. The Morgan fingerprint density at radius 3 is 2.95 bits per heavy atom. The average molecular weight is 262 g/mol. The summed E-state index contributed by atoms with van der Waals surface area (Å²) in [6.07, 6.45) is 3.75. The number of carbonyl (C=O) groups excluding carboxylic acids is 1. The molecule has 1 amide bonds. The van der Waals surface area contributed by atoms with Crippen molar-refractivity contribution in [2.24, 2.45) is 0 Å². The summed E-state index contributed by atoms with van der Waals surface area (Å²) >= 11 is 0. The number of carbonyl (C=O) groups is 1. The van der Waals surface area contributed by atoms with Gasteiger partial charge in [0.25, 0.3) is 0 Å². The van der Waals surface area contributed by atoms with E-state index in [0.717, 1.165) is 18.4 Å². The van der Waals surface area contributed by atoms with Crippen LogP contribution in [0.1, 0.15) is 26.7 Å². The zero-order valence-electron chi connectivity index (χ0n) is 11.3. The second kappa shape index (κ2) is 5.87. The number of nitrogens with one attached hydrogen (secondary N) is 1. The lowest BCUT2D eigenvalue weighted by Crippen LogP contribution is -2.34. The molecule has 0 spiro atoms. The van der Waals surface area contributed by atoms with Crippen molar-refractivity contribution >= 4 is 16.8 Å². The first-order valence-electron chi connectivity index (χ1n) is 6.64. The standard InChI is InChI=1S/C15H19FN2O/c1-3-5-11(2)17-15(19)10-18-9-8-12-13(16)6-4-7-14(12)18/h4,6-9,11H,3,5,10H2,1-2H3,(H,17,19). The molecule has 0 aliphatic rings. The first-order valence-corrected chi connectivity index (χ1v) is 6.64. The maximum absolute atomic E-state index is 13.5. The van der Waals surface area contributed by atoms with E-state index in [1.165, 1.54) is 6.07 Å². The minimum absolute atomic E-state index is 0.0392. The zero-order valence-corrected chi connectivity index (χ0v) is 11.3. The van der Waals surface area contributed by atoms with Gasteiger partial charge in [0.1, 0.15) is 12.4 Å². The SMILES string of the molecule is CCCC(C)NC(=O)Cn1ccc2c(F)cccc21. The Balaban J connectivity index is 2.09. The molecule has 0 fully saturated rings. The van der Waals surface area contributed by atoms with Gasteiger partial charge in [-0.2, -0.15) is 0 Å². The number of halogens is 1. The molecule has 4 heteroatoms. The Morgan fingerprint density at radius 1 is 1.42 bits per heavy atom. The van der Waals surface area contributed by atoms with Crippen LogP contribution in [0.15, 0.2) is 30.5 Å². The van der Waals surface area contributed by atoms with Crippen molar-refractivity contribution in [1.29, 1.82) is 0 Å². The lowest BCUT2D eigenvalue weighted by atomic mass is 10.2. The van der Waals surface area contributed by atoms with Crippen LogP contribution in [0, 0.1) is 5.82 Å². The van der Waals surface area contributed by atoms with E-state index in [9.17, 15) is 9.18 Å². The molecule has 1 aromatic carbocycles. The summed E-state index contributed by atoms with van der Waals surface area (Å²) in [6.45, 7) is 4.31. The third-order valence-corrected chi connectivity index (χ3v) is 3.20. The molecule has 0 bridgehead atoms. The van der Waals surface area contributed by atoms with Crippen LogP contribution in [0.2, 0.25) is 0 Å². The summed E-state index contributed by atoms with van der Waals surface area (Å²) < 4.78 is 15.3. The molecule has 1 N–H and O–H groups in total. The second-order valence-electron chi connectivity index (χ2n) is 4.87. The third-order valence-electron chi connectivity index (χ3n) is 3.20. The smallest absolute Gasteiger partial charge is 0.240 e. The number of rotatable bonds is 5. The van der Waals surface area contributed by atoms with Gasteiger partial charge in [-0.15, -0.1) is 0 Å². The Labute approximate surface area is 112 Å². The molecule has 0 saturated heterocycles. The Morgan fingerprint density at radius 2 is 2.21 bits per heavy atom. The molecule has 0 saturated carbocycles. The van der Waals surface area contributed by atoms with Gasteiger partial charge in [-0.05, 0) is 31.5 Å². The minimum atomic E-state index is -0.254. The quantitative estimate of drug-likeness (QED) is 0.882. The van der Waals surface area contributed by atoms with E-state index < -0.39 is 0 Å². The van der Waals surface area contributed by atoms with Crippen molar-refractivity contribution < 1.29 is 9.18 Å². The highest BCUT2D eigenvalue weighted by Gasteiger charge is 2.10. The average Bonchev–Trinajstić information content (AvgIpc) is 2.74. The molecule has 3 nitrogen and oxygen atoms in total. The number of nitrogens with zero attached hydrogens (tertiary/aromatic N) is 1. The van der Waals surface area contributed by atoms with Crippen molar-refractivity contribution in [3.05, 3.63) is 36.3 Å². The van der Waals surface area contributed by atoms with Gasteiger partial charge in [0.2, 0.25) is 5.91 Å². The van der Waals surface area contributed by atoms with Crippen molar-refractivity contribution in [3.8, 4) is 0 Å². The largest absolute Gasteiger partial charge is 0.352 e. The fraction of sp³-hybridized carbons (Fsp3) is 0.400. The molecule has 102 valence electrons. The van der Waals surface area contributed by atoms with Crippen molar-refractivity contribution in [1.82, 2.24) is 9.88 Å². The Kier molecular flexibility index (Phi) is 4.20. The van der Waals surface area contributed by atoms with Crippen LogP contribution < -0.4 is 5.32 Å². The molecule has 0 aliphatic carbocycles. The van der Waals surface area contributed by atoms with Gasteiger partial charge in [0, 0.05) is 17.6 Å². The summed E-state index contributed by atoms with van der Waals surface area (Å²) in [4.78, 5) is 11.9. The summed E-state index contributed by atoms with van der Waals surface area (Å²) in [7, 11) is 0. The molecule has 0 radical (unpaired) electrons. The van der Waals surface area contributed by atoms with Crippen LogP contribution in [-0.4, -0.2) is 16.5 Å². The molecular weight excluding hydrogens is 243 g/mol. The van der Waals surface area contributed by atoms with Gasteiger partial charge in [-0.25, -0.2) is 4.39 Å². The topological polar surface area (TPSA) is 34.0 Å². The number of aromatic nitrogens is 1. The van der Waals surface area contributed by atoms with Crippen LogP contribution in [0.25, 0.3) is 10.9 Å². The van der Waals surface area contributed by atoms with E-state index in [2.05, 4.69) is 12.2 Å². The van der Waals surface area contributed by atoms with Crippen LogP contribution >= 0.6 is 0 Å². The Hall–Kier alpha value is -1.84. The fourth-order valence-electron chi connectivity index (χ4n) is 2.30. The summed E-state index contributed by atoms with van der Waals surface area (Å²) in [6, 6.07) is 6.78. The maximum atomic E-state index is 13.5. The van der Waals surface area contributed by atoms with Crippen molar-refractivity contribution in [2.45, 2.75) is 39.3 Å². The van der Waals surface area contributed by atoms with E-state index in [-0.39, 0.29) is 24.3 Å². The third kappa shape index (κ3) is 3.13. The van der Waals surface area contributed by atoms with E-state index in [1.807, 2.05) is 13.0 Å². The van der Waals surface area contributed by atoms with Crippen LogP contribution in [0.5, 0.6) is 0 Å². The normalized spacial score (nSPS) is 12.6. The zero-order chi connectivity index (χ0) is 13.8. The highest BCUT2D eigenvalue weighted by Crippen LogP contribution is 2.18. The predicted molar refractivity (Wildman–Crippen MR) is 74.4 cm³/mol. The minimum Gasteiger partial charge on any atom is -0.352 e. The monoisotopic (exact) mass is 262 g/mol. The molecule has 1 heterocycles. The van der Waals surface area contributed by atoms with Crippen LogP contribution in [-0.2, 0) is 11.3 Å². The van der Waals surface area contributed by atoms with Gasteiger partial charge < -0.3 is 9.88 Å². The van der Waals surface area contributed by atoms with Crippen LogP contribution in [0.4, 0.5) is 4.39 Å². The number of hydrogen-bond donors (Lipinski definition) is 1. The predicted octanol–water partition coefficient (Wildman–Crippen LogP) is 3.09. The lowest BCUT2D eigenvalue weighted by Gasteiger charge is -2.13. The molecule has 2 aromatic rings.